The van der Waals surface area contributed by atoms with Crippen molar-refractivity contribution in [1.82, 2.24) is 4.90 Å². The van der Waals surface area contributed by atoms with Gasteiger partial charge in [0.05, 0.1) is 20.8 Å². The largest absolute Gasteiger partial charge is 0.493 e. The SMILES string of the molecule is COc1cc(C)c(CN(C)[C@@H]2CCOC2)cc1OC. The van der Waals surface area contributed by atoms with Crippen molar-refractivity contribution in [3.05, 3.63) is 23.3 Å². The van der Waals surface area contributed by atoms with Gasteiger partial charge in [-0.05, 0) is 43.7 Å². The van der Waals surface area contributed by atoms with Gasteiger partial charge in [-0.3, -0.25) is 4.90 Å². The highest BCUT2D eigenvalue weighted by Crippen LogP contribution is 2.31. The summed E-state index contributed by atoms with van der Waals surface area (Å²) >= 11 is 0. The van der Waals surface area contributed by atoms with E-state index in [0.717, 1.165) is 37.7 Å². The second-order valence-electron chi connectivity index (χ2n) is 5.07. The smallest absolute Gasteiger partial charge is 0.161 e. The van der Waals surface area contributed by atoms with Crippen molar-refractivity contribution in [2.24, 2.45) is 0 Å². The zero-order chi connectivity index (χ0) is 13.8. The Kier molecular flexibility index (Phi) is 4.66. The lowest BCUT2D eigenvalue weighted by Crippen LogP contribution is -2.31. The zero-order valence-electron chi connectivity index (χ0n) is 12.2. The van der Waals surface area contributed by atoms with Gasteiger partial charge < -0.3 is 14.2 Å². The maximum Gasteiger partial charge on any atom is 0.161 e. The third-order valence-electron chi connectivity index (χ3n) is 3.79. The first-order valence-electron chi connectivity index (χ1n) is 6.65. The molecule has 0 N–H and O–H groups in total. The van der Waals surface area contributed by atoms with Crippen LogP contribution in [0.5, 0.6) is 11.5 Å². The molecule has 1 heterocycles. The third-order valence-corrected chi connectivity index (χ3v) is 3.79. The number of nitrogens with zero attached hydrogens (tertiary/aromatic N) is 1. The zero-order valence-corrected chi connectivity index (χ0v) is 12.2. The van der Waals surface area contributed by atoms with Gasteiger partial charge in [-0.2, -0.15) is 0 Å². The van der Waals surface area contributed by atoms with Gasteiger partial charge in [0.25, 0.3) is 0 Å². The van der Waals surface area contributed by atoms with E-state index in [1.807, 2.05) is 6.07 Å². The average Bonchev–Trinajstić information content (AvgIpc) is 2.94. The number of hydrogen-bond acceptors (Lipinski definition) is 4. The Labute approximate surface area is 115 Å². The summed E-state index contributed by atoms with van der Waals surface area (Å²) in [4.78, 5) is 2.35. The third kappa shape index (κ3) is 3.19. The Hall–Kier alpha value is -1.26. The van der Waals surface area contributed by atoms with Crippen LogP contribution in [0, 0.1) is 6.92 Å². The number of hydrogen-bond donors (Lipinski definition) is 0. The second kappa shape index (κ2) is 6.26. The van der Waals surface area contributed by atoms with E-state index >= 15 is 0 Å². The Bertz CT molecular complexity index is 428. The minimum absolute atomic E-state index is 0.521. The molecule has 0 saturated carbocycles. The fraction of sp³-hybridized carbons (Fsp3) is 0.600. The molecule has 4 heteroatoms. The molecule has 0 spiro atoms. The van der Waals surface area contributed by atoms with Gasteiger partial charge in [-0.25, -0.2) is 0 Å². The highest BCUT2D eigenvalue weighted by atomic mass is 16.5. The maximum absolute atomic E-state index is 5.44. The first-order chi connectivity index (χ1) is 9.15. The van der Waals surface area contributed by atoms with Gasteiger partial charge in [-0.15, -0.1) is 0 Å². The molecule has 0 radical (unpaired) electrons. The van der Waals surface area contributed by atoms with Crippen LogP contribution in [0.1, 0.15) is 17.5 Å². The van der Waals surface area contributed by atoms with Gasteiger partial charge in [0.1, 0.15) is 0 Å². The number of aryl methyl sites for hydroxylation is 1. The minimum atomic E-state index is 0.521. The molecule has 106 valence electrons. The van der Waals surface area contributed by atoms with Crippen LogP contribution in [-0.2, 0) is 11.3 Å². The molecule has 0 bridgehead atoms. The predicted molar refractivity (Wildman–Crippen MR) is 75.0 cm³/mol. The highest BCUT2D eigenvalue weighted by Gasteiger charge is 2.21. The van der Waals surface area contributed by atoms with E-state index in [-0.39, 0.29) is 0 Å². The molecule has 1 fully saturated rings. The lowest BCUT2D eigenvalue weighted by atomic mass is 10.1. The van der Waals surface area contributed by atoms with E-state index in [1.54, 1.807) is 14.2 Å². The fourth-order valence-corrected chi connectivity index (χ4v) is 2.46. The molecule has 0 amide bonds. The highest BCUT2D eigenvalue weighted by molar-refractivity contribution is 5.47. The lowest BCUT2D eigenvalue weighted by Gasteiger charge is -2.24. The van der Waals surface area contributed by atoms with Gasteiger partial charge in [0.2, 0.25) is 0 Å². The van der Waals surface area contributed by atoms with Crippen LogP contribution in [0.3, 0.4) is 0 Å². The Morgan fingerprint density at radius 3 is 2.53 bits per heavy atom. The Balaban J connectivity index is 2.14. The molecule has 0 unspecified atom stereocenters. The van der Waals surface area contributed by atoms with E-state index in [1.165, 1.54) is 11.1 Å². The van der Waals surface area contributed by atoms with Gasteiger partial charge in [0.15, 0.2) is 11.5 Å². The molecule has 1 atom stereocenters. The van der Waals surface area contributed by atoms with Crippen molar-refractivity contribution >= 4 is 0 Å². The molecular weight excluding hydrogens is 242 g/mol. The normalized spacial score (nSPS) is 18.9. The molecule has 0 aliphatic carbocycles. The molecule has 2 rings (SSSR count). The Morgan fingerprint density at radius 1 is 1.26 bits per heavy atom. The molecule has 1 aromatic rings. The van der Waals surface area contributed by atoms with Crippen molar-refractivity contribution in [1.29, 1.82) is 0 Å². The van der Waals surface area contributed by atoms with Crippen LogP contribution in [0.2, 0.25) is 0 Å². The van der Waals surface area contributed by atoms with Crippen molar-refractivity contribution in [3.8, 4) is 11.5 Å². The van der Waals surface area contributed by atoms with E-state index < -0.39 is 0 Å². The summed E-state index contributed by atoms with van der Waals surface area (Å²) in [7, 11) is 5.49. The maximum atomic E-state index is 5.44. The van der Waals surface area contributed by atoms with E-state index in [0.29, 0.717) is 6.04 Å². The summed E-state index contributed by atoms with van der Waals surface area (Å²) in [6.45, 7) is 4.72. The van der Waals surface area contributed by atoms with Gasteiger partial charge in [0, 0.05) is 19.2 Å². The fourth-order valence-electron chi connectivity index (χ4n) is 2.46. The number of likely N-dealkylation sites (N-methyl/N-ethyl adjacent to an activating group) is 1. The van der Waals surface area contributed by atoms with Crippen LogP contribution in [0.15, 0.2) is 12.1 Å². The monoisotopic (exact) mass is 265 g/mol. The van der Waals surface area contributed by atoms with Crippen molar-refractivity contribution < 1.29 is 14.2 Å². The van der Waals surface area contributed by atoms with Crippen molar-refractivity contribution in [2.45, 2.75) is 25.9 Å². The Morgan fingerprint density at radius 2 is 1.95 bits per heavy atom. The standard InChI is InChI=1S/C15H23NO3/c1-11-7-14(17-3)15(18-4)8-12(11)9-16(2)13-5-6-19-10-13/h7-8,13H,5-6,9-10H2,1-4H3/t13-/m1/s1. The summed E-state index contributed by atoms with van der Waals surface area (Å²) in [6, 6.07) is 4.63. The van der Waals surface area contributed by atoms with Crippen LogP contribution in [-0.4, -0.2) is 45.4 Å². The lowest BCUT2D eigenvalue weighted by molar-refractivity contribution is 0.156. The summed E-state index contributed by atoms with van der Waals surface area (Å²) in [6.07, 6.45) is 1.11. The van der Waals surface area contributed by atoms with E-state index in [2.05, 4.69) is 24.9 Å². The van der Waals surface area contributed by atoms with Gasteiger partial charge in [-0.1, -0.05) is 0 Å². The van der Waals surface area contributed by atoms with Crippen LogP contribution < -0.4 is 9.47 Å². The number of methoxy groups -OCH3 is 2. The quantitative estimate of drug-likeness (QED) is 0.817. The van der Waals surface area contributed by atoms with Gasteiger partial charge >= 0.3 is 0 Å². The molecule has 1 aromatic carbocycles. The molecule has 0 aromatic heterocycles. The topological polar surface area (TPSA) is 30.9 Å². The van der Waals surface area contributed by atoms with Crippen LogP contribution in [0.4, 0.5) is 0 Å². The predicted octanol–water partition coefficient (Wildman–Crippen LogP) is 2.23. The summed E-state index contributed by atoms with van der Waals surface area (Å²) in [5, 5.41) is 0. The molecule has 1 aliphatic rings. The first-order valence-corrected chi connectivity index (χ1v) is 6.65. The minimum Gasteiger partial charge on any atom is -0.493 e. The number of ether oxygens (including phenoxy) is 3. The molecule has 19 heavy (non-hydrogen) atoms. The summed E-state index contributed by atoms with van der Waals surface area (Å²) in [5.74, 6) is 1.58. The first kappa shape index (κ1) is 14.2. The number of rotatable bonds is 5. The van der Waals surface area contributed by atoms with E-state index in [9.17, 15) is 0 Å². The van der Waals surface area contributed by atoms with Crippen molar-refractivity contribution in [3.63, 3.8) is 0 Å². The van der Waals surface area contributed by atoms with E-state index in [4.69, 9.17) is 14.2 Å². The van der Waals surface area contributed by atoms with Crippen LogP contribution in [0.25, 0.3) is 0 Å². The number of benzene rings is 1. The average molecular weight is 265 g/mol. The molecule has 4 nitrogen and oxygen atoms in total. The second-order valence-corrected chi connectivity index (χ2v) is 5.07. The van der Waals surface area contributed by atoms with Crippen molar-refractivity contribution in [2.75, 3.05) is 34.5 Å². The molecule has 1 saturated heterocycles. The molecule has 1 aliphatic heterocycles. The molecular formula is C15H23NO3. The summed E-state index contributed by atoms with van der Waals surface area (Å²) in [5.41, 5.74) is 2.50. The summed E-state index contributed by atoms with van der Waals surface area (Å²) < 4.78 is 16.1. The van der Waals surface area contributed by atoms with Crippen LogP contribution >= 0.6 is 0 Å².